The third kappa shape index (κ3) is 3.35. The van der Waals surface area contributed by atoms with Crippen molar-refractivity contribution in [2.24, 2.45) is 0 Å². The summed E-state index contributed by atoms with van der Waals surface area (Å²) in [5.74, 6) is 0. The highest BCUT2D eigenvalue weighted by Crippen LogP contribution is 2.37. The number of fused-ring (bicyclic) bond motifs is 4. The molecule has 0 fully saturated rings. The van der Waals surface area contributed by atoms with Crippen LogP contribution in [0.1, 0.15) is 0 Å². The largest absolute Gasteiger partial charge is 0.299 e. The van der Waals surface area contributed by atoms with Crippen LogP contribution in [0.25, 0.3) is 60.8 Å². The summed E-state index contributed by atoms with van der Waals surface area (Å²) in [7, 11) is 0. The van der Waals surface area contributed by atoms with Crippen molar-refractivity contribution in [1.82, 2.24) is 9.38 Å². The van der Waals surface area contributed by atoms with Gasteiger partial charge in [0, 0.05) is 21.8 Å². The molecule has 2 nitrogen and oxygen atoms in total. The van der Waals surface area contributed by atoms with Crippen molar-refractivity contribution >= 4 is 43.1 Å². The fourth-order valence-electron chi connectivity index (χ4n) is 5.22. The van der Waals surface area contributed by atoms with Gasteiger partial charge in [-0.05, 0) is 50.9 Å². The van der Waals surface area contributed by atoms with Crippen LogP contribution in [0, 0.1) is 0 Å². The Morgan fingerprint density at radius 1 is 0.500 bits per heavy atom. The van der Waals surface area contributed by atoms with E-state index in [-0.39, 0.29) is 0 Å². The van der Waals surface area contributed by atoms with Gasteiger partial charge in [0.15, 0.2) is 0 Å². The van der Waals surface area contributed by atoms with Crippen LogP contribution in [0.3, 0.4) is 0 Å². The van der Waals surface area contributed by atoms with Gasteiger partial charge in [0.1, 0.15) is 5.65 Å². The molecule has 170 valence electrons. The van der Waals surface area contributed by atoms with Crippen LogP contribution in [0.2, 0.25) is 0 Å². The number of pyridine rings is 1. The minimum Gasteiger partial charge on any atom is -0.299 e. The molecule has 7 rings (SSSR count). The summed E-state index contributed by atoms with van der Waals surface area (Å²) in [5, 5.41) is 5.02. The highest BCUT2D eigenvalue weighted by Gasteiger charge is 2.16. The average Bonchev–Trinajstić information content (AvgIpc) is 3.33. The van der Waals surface area contributed by atoms with Crippen molar-refractivity contribution in [3.63, 3.8) is 0 Å². The van der Waals surface area contributed by atoms with E-state index in [1.54, 1.807) is 0 Å². The second-order valence-electron chi connectivity index (χ2n) is 8.98. The molecule has 3 heteroatoms. The summed E-state index contributed by atoms with van der Waals surface area (Å²) in [6.45, 7) is 0. The number of nitrogens with zero attached hydrogens (tertiary/aromatic N) is 2. The van der Waals surface area contributed by atoms with Crippen LogP contribution in [-0.2, 0) is 0 Å². The van der Waals surface area contributed by atoms with Gasteiger partial charge in [0.25, 0.3) is 0 Å². The maximum absolute atomic E-state index is 4.98. The van der Waals surface area contributed by atoms with Gasteiger partial charge in [-0.1, -0.05) is 119 Å². The lowest BCUT2D eigenvalue weighted by Gasteiger charge is -2.12. The summed E-state index contributed by atoms with van der Waals surface area (Å²) in [5.41, 5.74) is 7.76. The smallest absolute Gasteiger partial charge is 0.137 e. The average molecular weight is 525 g/mol. The second-order valence-corrected chi connectivity index (χ2v) is 9.84. The Balaban J connectivity index is 1.39. The minimum absolute atomic E-state index is 0.947. The molecule has 0 aliphatic heterocycles. The monoisotopic (exact) mass is 524 g/mol. The quantitative estimate of drug-likeness (QED) is 0.210. The summed E-state index contributed by atoms with van der Waals surface area (Å²) >= 11 is 3.71. The Labute approximate surface area is 217 Å². The van der Waals surface area contributed by atoms with Gasteiger partial charge >= 0.3 is 0 Å². The maximum Gasteiger partial charge on any atom is 0.137 e. The van der Waals surface area contributed by atoms with Gasteiger partial charge in [0.05, 0.1) is 11.4 Å². The van der Waals surface area contributed by atoms with Gasteiger partial charge in [0.2, 0.25) is 0 Å². The van der Waals surface area contributed by atoms with Crippen molar-refractivity contribution in [2.75, 3.05) is 0 Å². The Hall–Kier alpha value is -4.21. The van der Waals surface area contributed by atoms with E-state index < -0.39 is 0 Å². The molecule has 0 radical (unpaired) electrons. The molecular formula is C33H21BrN2. The van der Waals surface area contributed by atoms with Crippen molar-refractivity contribution in [2.45, 2.75) is 0 Å². The van der Waals surface area contributed by atoms with Gasteiger partial charge in [-0.2, -0.15) is 0 Å². The van der Waals surface area contributed by atoms with E-state index in [0.29, 0.717) is 0 Å². The number of aromatic nitrogens is 2. The molecule has 0 unspecified atom stereocenters. The first-order valence-corrected chi connectivity index (χ1v) is 12.8. The molecular weight excluding hydrogens is 504 g/mol. The molecule has 36 heavy (non-hydrogen) atoms. The predicted octanol–water partition coefficient (Wildman–Crippen LogP) is 9.40. The maximum atomic E-state index is 4.98. The van der Waals surface area contributed by atoms with E-state index in [9.17, 15) is 0 Å². The molecule has 7 aromatic rings. The lowest BCUT2D eigenvalue weighted by atomic mass is 9.94. The van der Waals surface area contributed by atoms with Gasteiger partial charge in [-0.15, -0.1) is 0 Å². The Bertz CT molecular complexity index is 1880. The molecule has 0 amide bonds. The summed E-state index contributed by atoms with van der Waals surface area (Å²) < 4.78 is 3.30. The SMILES string of the molecule is Brc1cccc2c1ccc1c(-c3ccc(-c4c(-c5ccccc5)nc5ccccn45)cc3)cccc12. The topological polar surface area (TPSA) is 17.3 Å². The fraction of sp³-hybridized carbons (Fsp3) is 0. The first-order valence-electron chi connectivity index (χ1n) is 12.0. The van der Waals surface area contributed by atoms with Crippen LogP contribution < -0.4 is 0 Å². The first-order chi connectivity index (χ1) is 17.8. The van der Waals surface area contributed by atoms with E-state index in [1.807, 2.05) is 12.1 Å². The second kappa shape index (κ2) is 8.47. The number of rotatable bonds is 3. The van der Waals surface area contributed by atoms with Gasteiger partial charge < -0.3 is 0 Å². The first kappa shape index (κ1) is 21.1. The van der Waals surface area contributed by atoms with E-state index in [0.717, 1.165) is 32.6 Å². The number of hydrogen-bond donors (Lipinski definition) is 0. The zero-order chi connectivity index (χ0) is 24.1. The van der Waals surface area contributed by atoms with E-state index in [4.69, 9.17) is 4.98 Å². The highest BCUT2D eigenvalue weighted by atomic mass is 79.9. The van der Waals surface area contributed by atoms with Crippen molar-refractivity contribution < 1.29 is 0 Å². The number of halogens is 1. The van der Waals surface area contributed by atoms with Crippen molar-refractivity contribution in [3.8, 4) is 33.6 Å². The Morgan fingerprint density at radius 3 is 2.03 bits per heavy atom. The summed E-state index contributed by atoms with van der Waals surface area (Å²) in [6.07, 6.45) is 2.09. The molecule has 0 aliphatic carbocycles. The highest BCUT2D eigenvalue weighted by molar-refractivity contribution is 9.10. The molecule has 2 aromatic heterocycles. The fourth-order valence-corrected chi connectivity index (χ4v) is 5.71. The van der Waals surface area contributed by atoms with E-state index in [1.165, 1.54) is 32.7 Å². The Kier molecular flexibility index (Phi) is 4.97. The lowest BCUT2D eigenvalue weighted by Crippen LogP contribution is -1.90. The number of imidazole rings is 1. The predicted molar refractivity (Wildman–Crippen MR) is 154 cm³/mol. The molecule has 0 N–H and O–H groups in total. The molecule has 5 aromatic carbocycles. The van der Waals surface area contributed by atoms with Crippen LogP contribution in [0.15, 0.2) is 132 Å². The van der Waals surface area contributed by atoms with Crippen LogP contribution >= 0.6 is 15.9 Å². The molecule has 0 bridgehead atoms. The zero-order valence-electron chi connectivity index (χ0n) is 19.4. The van der Waals surface area contributed by atoms with E-state index in [2.05, 4.69) is 136 Å². The van der Waals surface area contributed by atoms with Crippen LogP contribution in [-0.4, -0.2) is 9.38 Å². The number of hydrogen-bond acceptors (Lipinski definition) is 1. The van der Waals surface area contributed by atoms with Crippen molar-refractivity contribution in [1.29, 1.82) is 0 Å². The lowest BCUT2D eigenvalue weighted by molar-refractivity contribution is 1.19. The van der Waals surface area contributed by atoms with Crippen LogP contribution in [0.4, 0.5) is 0 Å². The third-order valence-electron chi connectivity index (χ3n) is 6.91. The summed E-state index contributed by atoms with van der Waals surface area (Å²) in [6, 6.07) is 42.9. The molecule has 0 atom stereocenters. The minimum atomic E-state index is 0.947. The van der Waals surface area contributed by atoms with Crippen LogP contribution in [0.5, 0.6) is 0 Å². The molecule has 0 spiro atoms. The number of benzene rings is 5. The van der Waals surface area contributed by atoms with E-state index >= 15 is 0 Å². The van der Waals surface area contributed by atoms with Gasteiger partial charge in [-0.3, -0.25) is 4.40 Å². The zero-order valence-corrected chi connectivity index (χ0v) is 21.0. The van der Waals surface area contributed by atoms with Gasteiger partial charge in [-0.25, -0.2) is 4.98 Å². The summed E-state index contributed by atoms with van der Waals surface area (Å²) in [4.78, 5) is 4.98. The molecule has 0 saturated heterocycles. The third-order valence-corrected chi connectivity index (χ3v) is 7.60. The normalized spacial score (nSPS) is 11.5. The van der Waals surface area contributed by atoms with Crippen molar-refractivity contribution in [3.05, 3.63) is 132 Å². The molecule has 0 aliphatic rings. The molecule has 0 saturated carbocycles. The molecule has 2 heterocycles. The standard InChI is InChI=1S/C33H21BrN2/c34-30-13-7-12-27-26-11-6-10-25(28(26)19-20-29(27)30)22-15-17-24(18-16-22)33-32(23-8-2-1-3-9-23)35-31-14-4-5-21-36(31)33/h1-21H. The Morgan fingerprint density at radius 2 is 1.19 bits per heavy atom.